The average molecular weight is 333 g/mol. The van der Waals surface area contributed by atoms with Crippen LogP contribution in [0.25, 0.3) is 0 Å². The molecule has 24 heavy (non-hydrogen) atoms. The first-order chi connectivity index (χ1) is 11.8. The molecule has 0 spiro atoms. The molecular formula is C18H23NO5. The zero-order valence-corrected chi connectivity index (χ0v) is 13.7. The molecule has 3 heterocycles. The van der Waals surface area contributed by atoms with Gasteiger partial charge in [0, 0.05) is 31.0 Å². The lowest BCUT2D eigenvalue weighted by Crippen LogP contribution is -2.41. The van der Waals surface area contributed by atoms with Crippen molar-refractivity contribution in [3.8, 4) is 11.5 Å². The molecule has 0 aromatic heterocycles. The molecule has 130 valence electrons. The number of rotatable bonds is 2. The van der Waals surface area contributed by atoms with Crippen LogP contribution in [0.1, 0.15) is 29.6 Å². The highest BCUT2D eigenvalue weighted by Crippen LogP contribution is 2.32. The minimum Gasteiger partial charge on any atom is -0.490 e. The Morgan fingerprint density at radius 3 is 2.42 bits per heavy atom. The molecule has 2 saturated heterocycles. The average Bonchev–Trinajstić information content (AvgIpc) is 3.06. The fraction of sp³-hybridized carbons (Fsp3) is 0.611. The van der Waals surface area contributed by atoms with E-state index in [1.807, 2.05) is 17.0 Å². The van der Waals surface area contributed by atoms with Gasteiger partial charge in [0.1, 0.15) is 0 Å². The summed E-state index contributed by atoms with van der Waals surface area (Å²) in [6.45, 7) is 4.11. The van der Waals surface area contributed by atoms with Gasteiger partial charge in [0.2, 0.25) is 0 Å². The number of amides is 1. The van der Waals surface area contributed by atoms with E-state index in [2.05, 4.69) is 0 Å². The van der Waals surface area contributed by atoms with Gasteiger partial charge in [-0.1, -0.05) is 0 Å². The van der Waals surface area contributed by atoms with Crippen LogP contribution in [-0.2, 0) is 9.47 Å². The molecule has 0 unspecified atom stereocenters. The predicted octanol–water partition coefficient (Wildman–Crippen LogP) is 2.07. The van der Waals surface area contributed by atoms with E-state index in [9.17, 15) is 4.79 Å². The summed E-state index contributed by atoms with van der Waals surface area (Å²) in [5.74, 6) is 1.83. The molecule has 0 bridgehead atoms. The van der Waals surface area contributed by atoms with Crippen LogP contribution in [0, 0.1) is 5.92 Å². The molecule has 3 aliphatic rings. The van der Waals surface area contributed by atoms with E-state index in [1.165, 1.54) is 0 Å². The highest BCUT2D eigenvalue weighted by Gasteiger charge is 2.32. The van der Waals surface area contributed by atoms with Crippen LogP contribution in [-0.4, -0.2) is 56.6 Å². The molecule has 0 aliphatic carbocycles. The maximum atomic E-state index is 12.8. The molecule has 0 N–H and O–H groups in total. The van der Waals surface area contributed by atoms with E-state index in [1.54, 1.807) is 6.07 Å². The van der Waals surface area contributed by atoms with Gasteiger partial charge in [-0.25, -0.2) is 0 Å². The summed E-state index contributed by atoms with van der Waals surface area (Å²) >= 11 is 0. The van der Waals surface area contributed by atoms with Crippen LogP contribution in [0.5, 0.6) is 11.5 Å². The van der Waals surface area contributed by atoms with Gasteiger partial charge in [0.05, 0.1) is 26.4 Å². The summed E-state index contributed by atoms with van der Waals surface area (Å²) in [5.41, 5.74) is 0.658. The van der Waals surface area contributed by atoms with Crippen molar-refractivity contribution in [2.24, 2.45) is 5.92 Å². The Kier molecular flexibility index (Phi) is 4.58. The fourth-order valence-corrected chi connectivity index (χ4v) is 3.50. The number of benzene rings is 1. The minimum atomic E-state index is -0.0831. The number of hydrogen-bond donors (Lipinski definition) is 0. The van der Waals surface area contributed by atoms with Crippen LogP contribution >= 0.6 is 0 Å². The Morgan fingerprint density at radius 1 is 0.958 bits per heavy atom. The van der Waals surface area contributed by atoms with Crippen LogP contribution in [0.15, 0.2) is 18.2 Å². The van der Waals surface area contributed by atoms with E-state index in [4.69, 9.17) is 18.9 Å². The zero-order valence-electron chi connectivity index (χ0n) is 13.7. The largest absolute Gasteiger partial charge is 0.490 e. The lowest BCUT2D eigenvalue weighted by molar-refractivity contribution is -0.0956. The third-order valence-corrected chi connectivity index (χ3v) is 4.85. The Labute approximate surface area is 141 Å². The minimum absolute atomic E-state index is 0.0531. The Bertz CT molecular complexity index is 591. The molecule has 0 atom stereocenters. The zero-order chi connectivity index (χ0) is 16.4. The third-order valence-electron chi connectivity index (χ3n) is 4.85. The molecule has 0 saturated carbocycles. The van der Waals surface area contributed by atoms with Gasteiger partial charge < -0.3 is 23.8 Å². The summed E-state index contributed by atoms with van der Waals surface area (Å²) in [5, 5.41) is 0. The highest BCUT2D eigenvalue weighted by molar-refractivity contribution is 5.95. The first-order valence-electron chi connectivity index (χ1n) is 8.73. The van der Waals surface area contributed by atoms with E-state index < -0.39 is 0 Å². The van der Waals surface area contributed by atoms with Crippen LogP contribution in [0.4, 0.5) is 0 Å². The molecule has 1 amide bonds. The van der Waals surface area contributed by atoms with Gasteiger partial charge in [0.25, 0.3) is 5.91 Å². The van der Waals surface area contributed by atoms with Gasteiger partial charge in [0.15, 0.2) is 17.8 Å². The molecular weight excluding hydrogens is 310 g/mol. The number of ether oxygens (including phenoxy) is 4. The van der Waals surface area contributed by atoms with Gasteiger partial charge in [-0.3, -0.25) is 4.79 Å². The van der Waals surface area contributed by atoms with E-state index >= 15 is 0 Å². The lowest BCUT2D eigenvalue weighted by atomic mass is 9.95. The van der Waals surface area contributed by atoms with Crippen molar-refractivity contribution < 1.29 is 23.7 Å². The highest BCUT2D eigenvalue weighted by atomic mass is 16.7. The van der Waals surface area contributed by atoms with Crippen LogP contribution < -0.4 is 9.47 Å². The van der Waals surface area contributed by atoms with E-state index in [-0.39, 0.29) is 12.2 Å². The van der Waals surface area contributed by atoms with Crippen molar-refractivity contribution in [3.63, 3.8) is 0 Å². The molecule has 0 radical (unpaired) electrons. The second-order valence-corrected chi connectivity index (χ2v) is 6.45. The van der Waals surface area contributed by atoms with Gasteiger partial charge in [-0.2, -0.15) is 0 Å². The predicted molar refractivity (Wildman–Crippen MR) is 86.4 cm³/mol. The molecule has 1 aromatic rings. The van der Waals surface area contributed by atoms with Crippen molar-refractivity contribution in [2.75, 3.05) is 39.5 Å². The maximum absolute atomic E-state index is 12.8. The smallest absolute Gasteiger partial charge is 0.253 e. The Hall–Kier alpha value is -1.79. The Balaban J connectivity index is 1.40. The first kappa shape index (κ1) is 15.7. The SMILES string of the molecule is O=C(c1ccc2c(c1)OCCCO2)N1CCC(C2OCCO2)CC1. The number of nitrogens with zero attached hydrogens (tertiary/aromatic N) is 1. The number of fused-ring (bicyclic) bond motifs is 1. The fourth-order valence-electron chi connectivity index (χ4n) is 3.50. The van der Waals surface area contributed by atoms with Crippen molar-refractivity contribution in [1.82, 2.24) is 4.90 Å². The normalized spacial score (nSPS) is 22.4. The number of carbonyl (C=O) groups excluding carboxylic acids is 1. The summed E-state index contributed by atoms with van der Waals surface area (Å²) in [7, 11) is 0. The first-order valence-corrected chi connectivity index (χ1v) is 8.73. The summed E-state index contributed by atoms with van der Waals surface area (Å²) < 4.78 is 22.5. The van der Waals surface area contributed by atoms with Gasteiger partial charge in [-0.15, -0.1) is 0 Å². The molecule has 4 rings (SSSR count). The van der Waals surface area contributed by atoms with Crippen molar-refractivity contribution >= 4 is 5.91 Å². The van der Waals surface area contributed by atoms with Gasteiger partial charge in [-0.05, 0) is 31.0 Å². The molecule has 3 aliphatic heterocycles. The number of carbonyl (C=O) groups is 1. The number of likely N-dealkylation sites (tertiary alicyclic amines) is 1. The Morgan fingerprint density at radius 2 is 1.67 bits per heavy atom. The molecule has 6 nitrogen and oxygen atoms in total. The van der Waals surface area contributed by atoms with Crippen molar-refractivity contribution in [3.05, 3.63) is 23.8 Å². The monoisotopic (exact) mass is 333 g/mol. The quantitative estimate of drug-likeness (QED) is 0.829. The summed E-state index contributed by atoms with van der Waals surface area (Å²) in [6.07, 6.45) is 2.61. The summed E-state index contributed by atoms with van der Waals surface area (Å²) in [4.78, 5) is 14.7. The van der Waals surface area contributed by atoms with Crippen LogP contribution in [0.3, 0.4) is 0 Å². The second-order valence-electron chi connectivity index (χ2n) is 6.45. The topological polar surface area (TPSA) is 57.2 Å². The third kappa shape index (κ3) is 3.21. The standard InChI is InChI=1S/C18H23NO5/c20-17(14-2-3-15-16(12-14)22-9-1-8-21-15)19-6-4-13(5-7-19)18-23-10-11-24-18/h2-3,12-13,18H,1,4-11H2. The van der Waals surface area contributed by atoms with E-state index in [0.717, 1.165) is 38.1 Å². The number of piperidine rings is 1. The molecule has 2 fully saturated rings. The van der Waals surface area contributed by atoms with Crippen molar-refractivity contribution in [1.29, 1.82) is 0 Å². The van der Waals surface area contributed by atoms with E-state index in [0.29, 0.717) is 43.7 Å². The maximum Gasteiger partial charge on any atom is 0.253 e. The molecule has 1 aromatic carbocycles. The lowest BCUT2D eigenvalue weighted by Gasteiger charge is -2.34. The van der Waals surface area contributed by atoms with Crippen molar-refractivity contribution in [2.45, 2.75) is 25.6 Å². The number of hydrogen-bond acceptors (Lipinski definition) is 5. The van der Waals surface area contributed by atoms with Crippen LogP contribution in [0.2, 0.25) is 0 Å². The van der Waals surface area contributed by atoms with Gasteiger partial charge >= 0.3 is 0 Å². The summed E-state index contributed by atoms with van der Waals surface area (Å²) in [6, 6.07) is 5.46. The molecule has 6 heteroatoms. The second kappa shape index (κ2) is 6.99.